The fourth-order valence-corrected chi connectivity index (χ4v) is 3.05. The van der Waals surface area contributed by atoms with Crippen molar-refractivity contribution in [3.63, 3.8) is 0 Å². The van der Waals surface area contributed by atoms with Gasteiger partial charge in [0.05, 0.1) is 0 Å². The normalized spacial score (nSPS) is 27.5. The highest BCUT2D eigenvalue weighted by Gasteiger charge is 2.31. The maximum atomic E-state index is 4.43. The van der Waals surface area contributed by atoms with Gasteiger partial charge in [0.1, 0.15) is 0 Å². The molecule has 0 bridgehead atoms. The third kappa shape index (κ3) is 4.77. The molecule has 2 fully saturated rings. The Morgan fingerprint density at radius 1 is 1.37 bits per heavy atom. The van der Waals surface area contributed by atoms with Gasteiger partial charge in [0.25, 0.3) is 0 Å². The molecule has 2 saturated heterocycles. The molecule has 2 aliphatic heterocycles. The van der Waals surface area contributed by atoms with Crippen molar-refractivity contribution in [3.05, 3.63) is 0 Å². The first-order valence-corrected chi connectivity index (χ1v) is 7.14. The van der Waals surface area contributed by atoms with Crippen molar-refractivity contribution in [2.24, 2.45) is 16.3 Å². The van der Waals surface area contributed by atoms with Gasteiger partial charge in [0, 0.05) is 33.2 Å². The third-order valence-electron chi connectivity index (χ3n) is 4.23. The minimum atomic E-state index is 0. The van der Waals surface area contributed by atoms with Crippen LogP contribution >= 0.6 is 24.0 Å². The van der Waals surface area contributed by atoms with Gasteiger partial charge in [-0.3, -0.25) is 4.99 Å². The van der Waals surface area contributed by atoms with Crippen molar-refractivity contribution in [2.75, 3.05) is 46.8 Å². The Bertz CT molecular complexity index is 317. The van der Waals surface area contributed by atoms with E-state index in [9.17, 15) is 0 Å². The zero-order valence-corrected chi connectivity index (χ0v) is 15.1. The SMILES string of the molecule is CN=C(NCC1CCN(C)C1)N1CCC(C)(C)C1.I. The topological polar surface area (TPSA) is 30.9 Å². The molecule has 0 radical (unpaired) electrons. The fourth-order valence-electron chi connectivity index (χ4n) is 3.05. The lowest BCUT2D eigenvalue weighted by Crippen LogP contribution is -2.42. The molecule has 0 amide bonds. The van der Waals surface area contributed by atoms with Crippen molar-refractivity contribution in [3.8, 4) is 0 Å². The van der Waals surface area contributed by atoms with Crippen LogP contribution in [0.25, 0.3) is 0 Å². The lowest BCUT2D eigenvalue weighted by Gasteiger charge is -2.24. The van der Waals surface area contributed by atoms with Crippen LogP contribution in [0.5, 0.6) is 0 Å². The Kier molecular flexibility index (Phi) is 6.36. The molecule has 19 heavy (non-hydrogen) atoms. The summed E-state index contributed by atoms with van der Waals surface area (Å²) >= 11 is 0. The summed E-state index contributed by atoms with van der Waals surface area (Å²) in [4.78, 5) is 9.25. The van der Waals surface area contributed by atoms with Gasteiger partial charge >= 0.3 is 0 Å². The van der Waals surface area contributed by atoms with Crippen LogP contribution in [0.4, 0.5) is 0 Å². The summed E-state index contributed by atoms with van der Waals surface area (Å²) in [5.74, 6) is 1.87. The Hall–Kier alpha value is -0.0400. The van der Waals surface area contributed by atoms with Gasteiger partial charge in [-0.05, 0) is 37.8 Å². The lowest BCUT2D eigenvalue weighted by atomic mass is 9.93. The summed E-state index contributed by atoms with van der Waals surface area (Å²) in [6.07, 6.45) is 2.58. The number of nitrogens with one attached hydrogen (secondary N) is 1. The molecule has 0 aromatic carbocycles. The third-order valence-corrected chi connectivity index (χ3v) is 4.23. The molecule has 4 nitrogen and oxygen atoms in total. The highest BCUT2D eigenvalue weighted by atomic mass is 127. The number of nitrogens with zero attached hydrogens (tertiary/aromatic N) is 3. The second-order valence-corrected chi connectivity index (χ2v) is 6.68. The minimum Gasteiger partial charge on any atom is -0.356 e. The molecule has 1 atom stereocenters. The Labute approximate surface area is 135 Å². The molecule has 1 N–H and O–H groups in total. The highest BCUT2D eigenvalue weighted by molar-refractivity contribution is 14.0. The first-order chi connectivity index (χ1) is 8.50. The number of aliphatic imine (C=N–C) groups is 1. The van der Waals surface area contributed by atoms with Gasteiger partial charge < -0.3 is 15.1 Å². The molecule has 2 rings (SSSR count). The molecule has 5 heteroatoms. The van der Waals surface area contributed by atoms with Crippen LogP contribution in [-0.4, -0.2) is 62.6 Å². The smallest absolute Gasteiger partial charge is 0.193 e. The number of halogens is 1. The molecule has 1 unspecified atom stereocenters. The summed E-state index contributed by atoms with van der Waals surface area (Å²) in [5.41, 5.74) is 0.436. The fraction of sp³-hybridized carbons (Fsp3) is 0.929. The quantitative estimate of drug-likeness (QED) is 0.451. The van der Waals surface area contributed by atoms with E-state index in [0.717, 1.165) is 31.5 Å². The van der Waals surface area contributed by atoms with E-state index in [1.807, 2.05) is 7.05 Å². The van der Waals surface area contributed by atoms with Gasteiger partial charge in [-0.15, -0.1) is 24.0 Å². The van der Waals surface area contributed by atoms with Crippen molar-refractivity contribution in [1.29, 1.82) is 0 Å². The van der Waals surface area contributed by atoms with Gasteiger partial charge in [0.15, 0.2) is 5.96 Å². The molecule has 0 spiro atoms. The van der Waals surface area contributed by atoms with E-state index in [1.165, 1.54) is 25.9 Å². The summed E-state index contributed by atoms with van der Waals surface area (Å²) in [5, 5.41) is 3.56. The molecule has 0 aliphatic carbocycles. The Morgan fingerprint density at radius 2 is 2.11 bits per heavy atom. The van der Waals surface area contributed by atoms with Crippen LogP contribution in [0, 0.1) is 11.3 Å². The molecule has 112 valence electrons. The zero-order valence-electron chi connectivity index (χ0n) is 12.8. The maximum absolute atomic E-state index is 4.43. The van der Waals surface area contributed by atoms with Crippen LogP contribution in [0.2, 0.25) is 0 Å². The highest BCUT2D eigenvalue weighted by Crippen LogP contribution is 2.28. The van der Waals surface area contributed by atoms with Gasteiger partial charge in [0.2, 0.25) is 0 Å². The first kappa shape index (κ1) is 17.0. The summed E-state index contributed by atoms with van der Waals surface area (Å²) in [6.45, 7) is 10.5. The number of hydrogen-bond acceptors (Lipinski definition) is 2. The average molecular weight is 380 g/mol. The van der Waals surface area contributed by atoms with Crippen LogP contribution in [-0.2, 0) is 0 Å². The molecule has 2 aliphatic rings. The maximum Gasteiger partial charge on any atom is 0.193 e. The summed E-state index contributed by atoms with van der Waals surface area (Å²) in [7, 11) is 4.10. The van der Waals surface area contributed by atoms with E-state index >= 15 is 0 Å². The molecule has 0 aromatic heterocycles. The van der Waals surface area contributed by atoms with E-state index < -0.39 is 0 Å². The number of likely N-dealkylation sites (tertiary alicyclic amines) is 2. The average Bonchev–Trinajstić information content (AvgIpc) is 2.86. The van der Waals surface area contributed by atoms with Gasteiger partial charge in [-0.25, -0.2) is 0 Å². The van der Waals surface area contributed by atoms with E-state index in [-0.39, 0.29) is 24.0 Å². The predicted molar refractivity (Wildman–Crippen MR) is 92.4 cm³/mol. The summed E-state index contributed by atoms with van der Waals surface area (Å²) in [6, 6.07) is 0. The number of rotatable bonds is 2. The van der Waals surface area contributed by atoms with Crippen LogP contribution in [0.3, 0.4) is 0 Å². The molecule has 0 aromatic rings. The summed E-state index contributed by atoms with van der Waals surface area (Å²) < 4.78 is 0. The van der Waals surface area contributed by atoms with Gasteiger partial charge in [-0.1, -0.05) is 13.8 Å². The van der Waals surface area contributed by atoms with Crippen molar-refractivity contribution >= 4 is 29.9 Å². The predicted octanol–water partition coefficient (Wildman–Crippen LogP) is 1.86. The molecule has 2 heterocycles. The molecular formula is C14H29IN4. The van der Waals surface area contributed by atoms with E-state index in [1.54, 1.807) is 0 Å². The van der Waals surface area contributed by atoms with Crippen molar-refractivity contribution in [2.45, 2.75) is 26.7 Å². The van der Waals surface area contributed by atoms with E-state index in [4.69, 9.17) is 0 Å². The Morgan fingerprint density at radius 3 is 2.58 bits per heavy atom. The van der Waals surface area contributed by atoms with Crippen molar-refractivity contribution in [1.82, 2.24) is 15.1 Å². The second-order valence-electron chi connectivity index (χ2n) is 6.68. The Balaban J connectivity index is 0.00000180. The van der Waals surface area contributed by atoms with E-state index in [2.05, 4.69) is 41.0 Å². The van der Waals surface area contributed by atoms with E-state index in [0.29, 0.717) is 5.41 Å². The lowest BCUT2D eigenvalue weighted by molar-refractivity contribution is 0.365. The van der Waals surface area contributed by atoms with Crippen LogP contribution < -0.4 is 5.32 Å². The van der Waals surface area contributed by atoms with Crippen LogP contribution in [0.15, 0.2) is 4.99 Å². The molecule has 0 saturated carbocycles. The first-order valence-electron chi connectivity index (χ1n) is 7.14. The van der Waals surface area contributed by atoms with Gasteiger partial charge in [-0.2, -0.15) is 0 Å². The number of guanidine groups is 1. The van der Waals surface area contributed by atoms with Crippen molar-refractivity contribution < 1.29 is 0 Å². The molecular weight excluding hydrogens is 351 g/mol. The standard InChI is InChI=1S/C14H28N4.HI/c1-14(2)6-8-18(11-14)13(15-3)16-9-12-5-7-17(4)10-12;/h12H,5-11H2,1-4H3,(H,15,16);1H. The minimum absolute atomic E-state index is 0. The largest absolute Gasteiger partial charge is 0.356 e. The monoisotopic (exact) mass is 380 g/mol. The van der Waals surface area contributed by atoms with Crippen LogP contribution in [0.1, 0.15) is 26.7 Å². The second kappa shape index (κ2) is 7.11. The number of hydrogen-bond donors (Lipinski definition) is 1. The zero-order chi connectivity index (χ0) is 13.2.